The van der Waals surface area contributed by atoms with Gasteiger partial charge in [-0.25, -0.2) is 4.79 Å². The molecule has 6 aliphatic rings. The molecule has 6 rings (SSSR count). The first kappa shape index (κ1) is 20.8. The second kappa shape index (κ2) is 7.37. The molecule has 2 heterocycles. The molecule has 0 radical (unpaired) electrons. The Balaban J connectivity index is 1.09. The summed E-state index contributed by atoms with van der Waals surface area (Å²) in [5.41, 5.74) is 0. The number of unbranched alkanes of at least 4 members (excludes halogenated alkanes) is 1. The molecular weight excluding hydrogens is 424 g/mol. The van der Waals surface area contributed by atoms with Gasteiger partial charge in [-0.05, 0) is 55.8 Å². The van der Waals surface area contributed by atoms with E-state index in [1.165, 1.54) is 12.0 Å². The molecule has 4 amide bonds. The monoisotopic (exact) mass is 452 g/mol. The van der Waals surface area contributed by atoms with Crippen LogP contribution in [0.25, 0.3) is 0 Å². The number of ether oxygens (including phenoxy) is 1. The zero-order valence-corrected chi connectivity index (χ0v) is 18.6. The summed E-state index contributed by atoms with van der Waals surface area (Å²) in [6, 6.07) is -0.954. The van der Waals surface area contributed by atoms with E-state index in [9.17, 15) is 24.0 Å². The highest BCUT2D eigenvalue weighted by Gasteiger charge is 2.61. The Labute approximate surface area is 192 Å². The Kier molecular flexibility index (Phi) is 4.65. The topological polar surface area (TPSA) is 101 Å². The number of nitrogens with zero attached hydrogens (tertiary/aromatic N) is 2. The standard InChI is InChI=1S/C25H28N2O6/c1-33-25(32)16(27-23(30)19-14-7-8-15(11-14)20(19)24(27)31)4-2-3-9-26-21(28)17-12-5-6-13(10-12)18(17)22(26)29/h5-8,12-20H,2-4,9-11H2,1H3/t12-,13-,14-,15-,16+,17-,18-,19-,20-/m0/s1. The fraction of sp³-hybridized carbons (Fsp3) is 0.640. The van der Waals surface area contributed by atoms with Gasteiger partial charge in [-0.15, -0.1) is 0 Å². The van der Waals surface area contributed by atoms with Crippen molar-refractivity contribution >= 4 is 29.6 Å². The molecule has 0 aromatic heterocycles. The molecule has 4 fully saturated rings. The first-order valence-corrected chi connectivity index (χ1v) is 12.1. The van der Waals surface area contributed by atoms with Crippen molar-refractivity contribution in [2.75, 3.05) is 13.7 Å². The minimum Gasteiger partial charge on any atom is -0.467 e. The van der Waals surface area contributed by atoms with Crippen LogP contribution in [0.1, 0.15) is 32.1 Å². The lowest BCUT2D eigenvalue weighted by atomic mass is 9.85. The normalized spacial score (nSPS) is 40.4. The van der Waals surface area contributed by atoms with Crippen LogP contribution in [0.5, 0.6) is 0 Å². The third kappa shape index (κ3) is 2.78. The number of hydrogen-bond donors (Lipinski definition) is 0. The predicted octanol–water partition coefficient (Wildman–Crippen LogP) is 1.31. The summed E-state index contributed by atoms with van der Waals surface area (Å²) in [7, 11) is 1.26. The third-order valence-corrected chi connectivity index (χ3v) is 8.96. The highest BCUT2D eigenvalue weighted by Crippen LogP contribution is 2.54. The molecular formula is C25H28N2O6. The molecule has 174 valence electrons. The maximum absolute atomic E-state index is 13.1. The number of allylic oxidation sites excluding steroid dienone is 4. The number of methoxy groups -OCH3 is 1. The molecule has 9 atom stereocenters. The Morgan fingerprint density at radius 3 is 1.73 bits per heavy atom. The quantitative estimate of drug-likeness (QED) is 0.250. The van der Waals surface area contributed by atoms with Crippen LogP contribution in [0.15, 0.2) is 24.3 Å². The highest BCUT2D eigenvalue weighted by molar-refractivity contribution is 6.09. The Morgan fingerprint density at radius 2 is 1.27 bits per heavy atom. The van der Waals surface area contributed by atoms with Gasteiger partial charge in [0.25, 0.3) is 0 Å². The third-order valence-electron chi connectivity index (χ3n) is 8.96. The van der Waals surface area contributed by atoms with Crippen molar-refractivity contribution in [3.63, 3.8) is 0 Å². The number of imide groups is 2. The lowest BCUT2D eigenvalue weighted by Crippen LogP contribution is -2.47. The van der Waals surface area contributed by atoms with Crippen molar-refractivity contribution in [3.8, 4) is 0 Å². The van der Waals surface area contributed by atoms with Crippen LogP contribution >= 0.6 is 0 Å². The van der Waals surface area contributed by atoms with Gasteiger partial charge in [-0.3, -0.25) is 29.0 Å². The van der Waals surface area contributed by atoms with E-state index in [4.69, 9.17) is 4.74 Å². The van der Waals surface area contributed by atoms with E-state index in [-0.39, 0.29) is 77.4 Å². The largest absolute Gasteiger partial charge is 0.467 e. The van der Waals surface area contributed by atoms with Crippen LogP contribution in [0, 0.1) is 47.3 Å². The second-order valence-corrected chi connectivity index (χ2v) is 10.4. The molecule has 8 heteroatoms. The van der Waals surface area contributed by atoms with Crippen LogP contribution in [0.4, 0.5) is 0 Å². The van der Waals surface area contributed by atoms with Crippen molar-refractivity contribution in [3.05, 3.63) is 24.3 Å². The van der Waals surface area contributed by atoms with Gasteiger partial charge in [0.15, 0.2) is 0 Å². The van der Waals surface area contributed by atoms with Crippen molar-refractivity contribution in [2.24, 2.45) is 47.3 Å². The van der Waals surface area contributed by atoms with E-state index in [0.717, 1.165) is 17.7 Å². The van der Waals surface area contributed by atoms with Gasteiger partial charge in [0.2, 0.25) is 23.6 Å². The summed E-state index contributed by atoms with van der Waals surface area (Å²) in [6.07, 6.45) is 11.2. The fourth-order valence-corrected chi connectivity index (χ4v) is 7.51. The SMILES string of the molecule is COC(=O)[C@@H](CCCCN1C(=O)[C@@H]2[C@@H](C1=O)[C@H]1C=C[C@H]2C1)N1C(=O)[C@@H]2[C@@H](C1=O)[C@H]1C=C[C@H]2C1. The van der Waals surface area contributed by atoms with Crippen LogP contribution in [0.2, 0.25) is 0 Å². The average molecular weight is 453 g/mol. The number of fused-ring (bicyclic) bond motifs is 10. The molecule has 8 nitrogen and oxygen atoms in total. The van der Waals surface area contributed by atoms with Crippen molar-refractivity contribution in [1.82, 2.24) is 9.80 Å². The number of amides is 4. The molecule has 2 saturated heterocycles. The second-order valence-electron chi connectivity index (χ2n) is 10.4. The van der Waals surface area contributed by atoms with E-state index < -0.39 is 12.0 Å². The first-order valence-electron chi connectivity index (χ1n) is 12.1. The predicted molar refractivity (Wildman–Crippen MR) is 114 cm³/mol. The summed E-state index contributed by atoms with van der Waals surface area (Å²) in [6.45, 7) is 0.305. The number of carbonyl (C=O) groups excluding carboxylic acids is 5. The zero-order valence-electron chi connectivity index (χ0n) is 18.6. The Hall–Kier alpha value is -2.77. The lowest BCUT2D eigenvalue weighted by molar-refractivity contribution is -0.157. The van der Waals surface area contributed by atoms with Gasteiger partial charge in [0.05, 0.1) is 30.8 Å². The van der Waals surface area contributed by atoms with Gasteiger partial charge >= 0.3 is 5.97 Å². The maximum atomic E-state index is 13.1. The van der Waals surface area contributed by atoms with Gasteiger partial charge in [-0.2, -0.15) is 0 Å². The maximum Gasteiger partial charge on any atom is 0.329 e. The molecule has 33 heavy (non-hydrogen) atoms. The molecule has 2 saturated carbocycles. The molecule has 4 bridgehead atoms. The van der Waals surface area contributed by atoms with Gasteiger partial charge in [0, 0.05) is 6.54 Å². The van der Waals surface area contributed by atoms with Gasteiger partial charge in [-0.1, -0.05) is 24.3 Å². The summed E-state index contributed by atoms with van der Waals surface area (Å²) in [5.74, 6) is -1.89. The summed E-state index contributed by atoms with van der Waals surface area (Å²) in [5, 5.41) is 0. The molecule has 2 aliphatic heterocycles. The first-order chi connectivity index (χ1) is 15.9. The highest BCUT2D eigenvalue weighted by atomic mass is 16.5. The number of likely N-dealkylation sites (tertiary alicyclic amines) is 2. The summed E-state index contributed by atoms with van der Waals surface area (Å²) < 4.78 is 4.93. The van der Waals surface area contributed by atoms with Crippen LogP contribution in [-0.2, 0) is 28.7 Å². The number of rotatable bonds is 7. The zero-order chi connectivity index (χ0) is 23.0. The molecule has 0 aromatic carbocycles. The Bertz CT molecular complexity index is 956. The van der Waals surface area contributed by atoms with Crippen LogP contribution < -0.4 is 0 Å². The van der Waals surface area contributed by atoms with Gasteiger partial charge < -0.3 is 4.74 Å². The van der Waals surface area contributed by atoms with E-state index in [2.05, 4.69) is 12.2 Å². The molecule has 0 spiro atoms. The molecule has 0 unspecified atom stereocenters. The summed E-state index contributed by atoms with van der Waals surface area (Å²) >= 11 is 0. The Morgan fingerprint density at radius 1 is 0.818 bits per heavy atom. The number of esters is 1. The van der Waals surface area contributed by atoms with E-state index in [1.807, 2.05) is 12.2 Å². The van der Waals surface area contributed by atoms with E-state index in [1.54, 1.807) is 0 Å². The van der Waals surface area contributed by atoms with Crippen molar-refractivity contribution in [1.29, 1.82) is 0 Å². The number of carbonyl (C=O) groups is 5. The van der Waals surface area contributed by atoms with Crippen LogP contribution in [0.3, 0.4) is 0 Å². The minimum absolute atomic E-state index is 0.0768. The van der Waals surface area contributed by atoms with E-state index >= 15 is 0 Å². The summed E-state index contributed by atoms with van der Waals surface area (Å²) in [4.78, 5) is 67.0. The van der Waals surface area contributed by atoms with Crippen LogP contribution in [-0.4, -0.2) is 59.1 Å². The van der Waals surface area contributed by atoms with Crippen molar-refractivity contribution < 1.29 is 28.7 Å². The number of hydrogen-bond acceptors (Lipinski definition) is 6. The smallest absolute Gasteiger partial charge is 0.329 e. The van der Waals surface area contributed by atoms with E-state index in [0.29, 0.717) is 19.4 Å². The molecule has 4 aliphatic carbocycles. The molecule has 0 N–H and O–H groups in total. The van der Waals surface area contributed by atoms with Crippen molar-refractivity contribution in [2.45, 2.75) is 38.1 Å². The molecule has 0 aromatic rings. The average Bonchev–Trinajstić information content (AvgIpc) is 3.64. The minimum atomic E-state index is -0.954. The fourth-order valence-electron chi connectivity index (χ4n) is 7.51. The lowest BCUT2D eigenvalue weighted by Gasteiger charge is -2.26. The van der Waals surface area contributed by atoms with Gasteiger partial charge in [0.1, 0.15) is 6.04 Å².